The maximum Gasteiger partial charge on any atom is 0.241 e. The van der Waals surface area contributed by atoms with Gasteiger partial charge in [-0.15, -0.1) is 0 Å². The Morgan fingerprint density at radius 2 is 1.81 bits per heavy atom. The zero-order valence-electron chi connectivity index (χ0n) is 12.5. The van der Waals surface area contributed by atoms with E-state index in [-0.39, 0.29) is 10.8 Å². The highest BCUT2D eigenvalue weighted by Gasteiger charge is 2.27. The van der Waals surface area contributed by atoms with Crippen LogP contribution in [-0.2, 0) is 14.8 Å². The van der Waals surface area contributed by atoms with Crippen LogP contribution in [0.15, 0.2) is 35.2 Å². The topological polar surface area (TPSA) is 66.5 Å². The number of piperidine rings is 1. The van der Waals surface area contributed by atoms with E-state index in [4.69, 9.17) is 0 Å². The third-order valence-electron chi connectivity index (χ3n) is 3.85. The van der Waals surface area contributed by atoms with Crippen LogP contribution in [0.1, 0.15) is 26.7 Å². The first-order chi connectivity index (χ1) is 9.90. The van der Waals surface area contributed by atoms with Crippen molar-refractivity contribution in [2.45, 2.75) is 37.6 Å². The number of carbonyl (C=O) groups is 1. The summed E-state index contributed by atoms with van der Waals surface area (Å²) in [6, 6.07) is 7.36. The molecule has 1 aliphatic rings. The average Bonchev–Trinajstić information content (AvgIpc) is 2.48. The first-order valence-corrected chi connectivity index (χ1v) is 8.74. The van der Waals surface area contributed by atoms with E-state index in [9.17, 15) is 13.2 Å². The summed E-state index contributed by atoms with van der Waals surface area (Å²) in [7, 11) is -3.65. The number of nitrogens with zero attached hydrogens (tertiary/aromatic N) is 1. The lowest BCUT2D eigenvalue weighted by atomic mass is 9.99. The molecule has 116 valence electrons. The number of hydrogen-bond donors (Lipinski definition) is 1. The molecule has 1 aromatic rings. The van der Waals surface area contributed by atoms with Crippen LogP contribution in [0.3, 0.4) is 0 Å². The lowest BCUT2D eigenvalue weighted by Gasteiger charge is -2.32. The van der Waals surface area contributed by atoms with Gasteiger partial charge in [0.2, 0.25) is 15.9 Å². The molecule has 1 saturated heterocycles. The summed E-state index contributed by atoms with van der Waals surface area (Å²) < 4.78 is 26.9. The number of carbonyl (C=O) groups excluding carboxylic acids is 1. The Balaban J connectivity index is 2.01. The molecule has 21 heavy (non-hydrogen) atoms. The van der Waals surface area contributed by atoms with Crippen molar-refractivity contribution in [3.05, 3.63) is 30.3 Å². The Morgan fingerprint density at radius 1 is 1.24 bits per heavy atom. The van der Waals surface area contributed by atoms with Crippen molar-refractivity contribution in [1.29, 1.82) is 0 Å². The molecule has 1 N–H and O–H groups in total. The molecular weight excluding hydrogens is 288 g/mol. The van der Waals surface area contributed by atoms with Crippen molar-refractivity contribution in [2.75, 3.05) is 13.1 Å². The van der Waals surface area contributed by atoms with Gasteiger partial charge in [-0.1, -0.05) is 25.1 Å². The second-order valence-corrected chi connectivity index (χ2v) is 7.38. The van der Waals surface area contributed by atoms with Gasteiger partial charge in [-0.05, 0) is 37.8 Å². The molecule has 6 heteroatoms. The number of rotatable bonds is 4. The van der Waals surface area contributed by atoms with Crippen molar-refractivity contribution in [3.8, 4) is 0 Å². The van der Waals surface area contributed by atoms with Gasteiger partial charge in [-0.2, -0.15) is 4.72 Å². The smallest absolute Gasteiger partial charge is 0.241 e. The normalized spacial score (nSPS) is 18.5. The van der Waals surface area contributed by atoms with Gasteiger partial charge in [0.1, 0.15) is 0 Å². The summed E-state index contributed by atoms with van der Waals surface area (Å²) in [6.07, 6.45) is 1.95. The highest BCUT2D eigenvalue weighted by atomic mass is 32.2. The summed E-state index contributed by atoms with van der Waals surface area (Å²) in [6.45, 7) is 5.18. The van der Waals surface area contributed by atoms with Gasteiger partial charge < -0.3 is 4.90 Å². The molecule has 0 spiro atoms. The number of benzene rings is 1. The first kappa shape index (κ1) is 16.0. The molecule has 0 saturated carbocycles. The molecule has 2 rings (SSSR count). The summed E-state index contributed by atoms with van der Waals surface area (Å²) >= 11 is 0. The van der Waals surface area contributed by atoms with Crippen LogP contribution >= 0.6 is 0 Å². The third-order valence-corrected chi connectivity index (χ3v) is 5.41. The summed E-state index contributed by atoms with van der Waals surface area (Å²) in [5.74, 6) is 0.478. The standard InChI is InChI=1S/C15H22N2O3S/c1-12-8-10-17(11-9-12)15(18)13(2)16-21(19,20)14-6-4-3-5-7-14/h3-7,12-13,16H,8-11H2,1-2H3/t13-/m0/s1. The fourth-order valence-corrected chi connectivity index (χ4v) is 3.67. The van der Waals surface area contributed by atoms with Crippen LogP contribution < -0.4 is 4.72 Å². The molecule has 0 unspecified atom stereocenters. The van der Waals surface area contributed by atoms with Gasteiger partial charge in [-0.25, -0.2) is 8.42 Å². The van der Waals surface area contributed by atoms with Crippen LogP contribution in [0.5, 0.6) is 0 Å². The Labute approximate surface area is 126 Å². The predicted molar refractivity (Wildman–Crippen MR) is 81.2 cm³/mol. The van der Waals surface area contributed by atoms with E-state index in [2.05, 4.69) is 11.6 Å². The molecule has 5 nitrogen and oxygen atoms in total. The van der Waals surface area contributed by atoms with E-state index >= 15 is 0 Å². The fourth-order valence-electron chi connectivity index (χ4n) is 2.45. The van der Waals surface area contributed by atoms with E-state index in [1.165, 1.54) is 12.1 Å². The summed E-state index contributed by atoms with van der Waals surface area (Å²) in [4.78, 5) is 14.2. The van der Waals surface area contributed by atoms with Gasteiger partial charge in [0.25, 0.3) is 0 Å². The van der Waals surface area contributed by atoms with Crippen molar-refractivity contribution >= 4 is 15.9 Å². The number of amides is 1. The molecule has 1 heterocycles. The molecule has 0 bridgehead atoms. The monoisotopic (exact) mass is 310 g/mol. The van der Waals surface area contributed by atoms with Crippen LogP contribution in [0.25, 0.3) is 0 Å². The van der Waals surface area contributed by atoms with Gasteiger partial charge in [0.15, 0.2) is 0 Å². The lowest BCUT2D eigenvalue weighted by molar-refractivity contribution is -0.133. The number of likely N-dealkylation sites (tertiary alicyclic amines) is 1. The molecule has 1 fully saturated rings. The zero-order valence-corrected chi connectivity index (χ0v) is 13.3. The van der Waals surface area contributed by atoms with Gasteiger partial charge in [0.05, 0.1) is 10.9 Å². The van der Waals surface area contributed by atoms with Gasteiger partial charge >= 0.3 is 0 Å². The second kappa shape index (κ2) is 6.58. The Kier molecular flexibility index (Phi) is 5.00. The van der Waals surface area contributed by atoms with Crippen molar-refractivity contribution in [2.24, 2.45) is 5.92 Å². The largest absolute Gasteiger partial charge is 0.341 e. The van der Waals surface area contributed by atoms with E-state index in [0.717, 1.165) is 12.8 Å². The molecule has 1 amide bonds. The highest BCUT2D eigenvalue weighted by molar-refractivity contribution is 7.89. The zero-order chi connectivity index (χ0) is 15.5. The molecule has 0 radical (unpaired) electrons. The molecule has 1 atom stereocenters. The third kappa shape index (κ3) is 4.04. The molecular formula is C15H22N2O3S. The average molecular weight is 310 g/mol. The van der Waals surface area contributed by atoms with Crippen molar-refractivity contribution < 1.29 is 13.2 Å². The second-order valence-electron chi connectivity index (χ2n) is 5.66. The highest BCUT2D eigenvalue weighted by Crippen LogP contribution is 2.17. The molecule has 0 aliphatic carbocycles. The summed E-state index contributed by atoms with van der Waals surface area (Å²) in [5.41, 5.74) is 0. The van der Waals surface area contributed by atoms with Crippen LogP contribution in [0.4, 0.5) is 0 Å². The number of nitrogens with one attached hydrogen (secondary N) is 1. The minimum atomic E-state index is -3.65. The quantitative estimate of drug-likeness (QED) is 0.919. The van der Waals surface area contributed by atoms with E-state index in [0.29, 0.717) is 19.0 Å². The summed E-state index contributed by atoms with van der Waals surface area (Å²) in [5, 5.41) is 0. The Morgan fingerprint density at radius 3 is 2.38 bits per heavy atom. The number of sulfonamides is 1. The molecule has 1 aromatic carbocycles. The van der Waals surface area contributed by atoms with Crippen molar-refractivity contribution in [3.63, 3.8) is 0 Å². The Hall–Kier alpha value is -1.40. The fraction of sp³-hybridized carbons (Fsp3) is 0.533. The number of hydrogen-bond acceptors (Lipinski definition) is 3. The van der Waals surface area contributed by atoms with Crippen LogP contribution in [0.2, 0.25) is 0 Å². The van der Waals surface area contributed by atoms with Crippen LogP contribution in [0, 0.1) is 5.92 Å². The maximum absolute atomic E-state index is 12.3. The van der Waals surface area contributed by atoms with Crippen molar-refractivity contribution in [1.82, 2.24) is 9.62 Å². The predicted octanol–water partition coefficient (Wildman–Crippen LogP) is 1.61. The van der Waals surface area contributed by atoms with Gasteiger partial charge in [0, 0.05) is 13.1 Å². The SMILES string of the molecule is CC1CCN(C(=O)[C@H](C)NS(=O)(=O)c2ccccc2)CC1. The van der Waals surface area contributed by atoms with E-state index in [1.54, 1.807) is 30.0 Å². The lowest BCUT2D eigenvalue weighted by Crippen LogP contribution is -2.49. The Bertz CT molecular complexity index is 578. The van der Waals surface area contributed by atoms with E-state index < -0.39 is 16.1 Å². The minimum Gasteiger partial charge on any atom is -0.341 e. The molecule has 0 aromatic heterocycles. The minimum absolute atomic E-state index is 0.151. The molecule has 1 aliphatic heterocycles. The van der Waals surface area contributed by atoms with E-state index in [1.807, 2.05) is 0 Å². The first-order valence-electron chi connectivity index (χ1n) is 7.26. The van der Waals surface area contributed by atoms with Crippen LogP contribution in [-0.4, -0.2) is 38.4 Å². The van der Waals surface area contributed by atoms with Gasteiger partial charge in [-0.3, -0.25) is 4.79 Å². The maximum atomic E-state index is 12.3.